The minimum atomic E-state index is 0.0543. The first-order valence-corrected chi connectivity index (χ1v) is 6.33. The second kappa shape index (κ2) is 7.46. The van der Waals surface area contributed by atoms with Crippen LogP contribution in [0.1, 0.15) is 39.6 Å². The molecule has 0 fully saturated rings. The number of carbonyl (C=O) groups is 3. The van der Waals surface area contributed by atoms with Crippen molar-refractivity contribution in [2.75, 3.05) is 5.75 Å². The zero-order valence-electron chi connectivity index (χ0n) is 9.93. The Morgan fingerprint density at radius 1 is 1.28 bits per heavy atom. The van der Waals surface area contributed by atoms with Crippen LogP contribution in [0, 0.1) is 11.8 Å². The number of hydrogen-bond acceptors (Lipinski definition) is 4. The van der Waals surface area contributed by atoms with Crippen molar-refractivity contribution in [2.24, 2.45) is 0 Å². The fraction of sp³-hybridized carbons (Fsp3) is 0.214. The van der Waals surface area contributed by atoms with Crippen LogP contribution >= 0.6 is 11.8 Å². The molecular weight excluding hydrogens is 248 g/mol. The first kappa shape index (κ1) is 14.2. The van der Waals surface area contributed by atoms with Gasteiger partial charge in [-0.2, -0.15) is 0 Å². The van der Waals surface area contributed by atoms with Crippen LogP contribution in [0.4, 0.5) is 0 Å². The van der Waals surface area contributed by atoms with Crippen LogP contribution in [0.15, 0.2) is 18.2 Å². The fourth-order valence-electron chi connectivity index (χ4n) is 1.33. The highest BCUT2D eigenvalue weighted by Gasteiger charge is 2.03. The number of thioether (sulfide) groups is 1. The van der Waals surface area contributed by atoms with Crippen LogP contribution in [0.2, 0.25) is 0 Å². The molecule has 0 aliphatic rings. The van der Waals surface area contributed by atoms with Gasteiger partial charge in [0.05, 0.1) is 0 Å². The smallest absolute Gasteiger partial charge is 0.185 e. The molecule has 0 radical (unpaired) electrons. The summed E-state index contributed by atoms with van der Waals surface area (Å²) in [4.78, 5) is 32.4. The lowest BCUT2D eigenvalue weighted by molar-refractivity contribution is -0.109. The highest BCUT2D eigenvalue weighted by Crippen LogP contribution is 2.10. The van der Waals surface area contributed by atoms with Gasteiger partial charge < -0.3 is 0 Å². The topological polar surface area (TPSA) is 51.2 Å². The maximum absolute atomic E-state index is 10.8. The lowest BCUT2D eigenvalue weighted by Crippen LogP contribution is -1.94. The van der Waals surface area contributed by atoms with Crippen LogP contribution in [0.5, 0.6) is 0 Å². The molecule has 3 nitrogen and oxygen atoms in total. The van der Waals surface area contributed by atoms with E-state index in [2.05, 4.69) is 11.8 Å². The Kier molecular flexibility index (Phi) is 5.89. The molecule has 4 heteroatoms. The summed E-state index contributed by atoms with van der Waals surface area (Å²) in [5.74, 6) is 6.30. The normalized spacial score (nSPS) is 9.17. The Hall–Kier alpha value is -1.86. The molecule has 0 saturated carbocycles. The van der Waals surface area contributed by atoms with Crippen LogP contribution in [-0.2, 0) is 4.79 Å². The van der Waals surface area contributed by atoms with Gasteiger partial charge >= 0.3 is 0 Å². The van der Waals surface area contributed by atoms with Crippen LogP contribution in [-0.4, -0.2) is 23.4 Å². The molecule has 0 saturated heterocycles. The van der Waals surface area contributed by atoms with Crippen molar-refractivity contribution in [3.8, 4) is 11.8 Å². The summed E-state index contributed by atoms with van der Waals surface area (Å²) in [6.07, 6.45) is 1.90. The third kappa shape index (κ3) is 4.19. The summed E-state index contributed by atoms with van der Waals surface area (Å²) in [7, 11) is 0. The molecule has 0 spiro atoms. The third-order valence-corrected chi connectivity index (χ3v) is 2.94. The summed E-state index contributed by atoms with van der Waals surface area (Å²) < 4.78 is 0. The van der Waals surface area contributed by atoms with E-state index in [-0.39, 0.29) is 5.12 Å². The van der Waals surface area contributed by atoms with Gasteiger partial charge in [-0.3, -0.25) is 14.4 Å². The highest BCUT2D eigenvalue weighted by atomic mass is 32.2. The zero-order valence-corrected chi connectivity index (χ0v) is 10.8. The standard InChI is InChI=1S/C14H12O3S/c1-11(17)18-8-3-2-7-14-12(9-15)5-4-6-13(14)10-16/h4-6,9-10H,3,8H2,1H3. The van der Waals surface area contributed by atoms with Gasteiger partial charge in [0.1, 0.15) is 0 Å². The van der Waals surface area contributed by atoms with E-state index in [4.69, 9.17) is 0 Å². The fourth-order valence-corrected chi connectivity index (χ4v) is 1.82. The molecule has 0 aliphatic heterocycles. The summed E-state index contributed by atoms with van der Waals surface area (Å²) in [6.45, 7) is 1.50. The minimum absolute atomic E-state index is 0.0543. The Bertz CT molecular complexity index is 497. The molecule has 92 valence electrons. The first-order chi connectivity index (χ1) is 8.69. The summed E-state index contributed by atoms with van der Waals surface area (Å²) in [6, 6.07) is 4.88. The predicted octanol–water partition coefficient (Wildman–Crippen LogP) is 2.33. The van der Waals surface area contributed by atoms with Gasteiger partial charge in [-0.15, -0.1) is 0 Å². The number of benzene rings is 1. The van der Waals surface area contributed by atoms with E-state index in [1.807, 2.05) is 0 Å². The Morgan fingerprint density at radius 3 is 2.39 bits per heavy atom. The molecule has 0 amide bonds. The quantitative estimate of drug-likeness (QED) is 0.473. The number of rotatable bonds is 4. The van der Waals surface area contributed by atoms with Crippen molar-refractivity contribution in [1.82, 2.24) is 0 Å². The van der Waals surface area contributed by atoms with E-state index in [1.165, 1.54) is 18.7 Å². The molecule has 0 atom stereocenters. The van der Waals surface area contributed by atoms with Gasteiger partial charge in [0.2, 0.25) is 0 Å². The lowest BCUT2D eigenvalue weighted by Gasteiger charge is -1.99. The second-order valence-corrected chi connectivity index (χ2v) is 4.71. The van der Waals surface area contributed by atoms with E-state index < -0.39 is 0 Å². The van der Waals surface area contributed by atoms with E-state index in [0.717, 1.165) is 0 Å². The van der Waals surface area contributed by atoms with Gasteiger partial charge in [0.25, 0.3) is 0 Å². The SMILES string of the molecule is CC(=O)SCCC#Cc1c(C=O)cccc1C=O. The summed E-state index contributed by atoms with van der Waals surface area (Å²) in [5.41, 5.74) is 1.27. The average Bonchev–Trinajstić information content (AvgIpc) is 2.37. The van der Waals surface area contributed by atoms with E-state index >= 15 is 0 Å². The van der Waals surface area contributed by atoms with Gasteiger partial charge in [-0.1, -0.05) is 41.8 Å². The average molecular weight is 260 g/mol. The van der Waals surface area contributed by atoms with Crippen LogP contribution < -0.4 is 0 Å². The molecule has 18 heavy (non-hydrogen) atoms. The van der Waals surface area contributed by atoms with Crippen molar-refractivity contribution < 1.29 is 14.4 Å². The van der Waals surface area contributed by atoms with E-state index in [1.54, 1.807) is 18.2 Å². The third-order valence-electron chi connectivity index (χ3n) is 2.13. The summed E-state index contributed by atoms with van der Waals surface area (Å²) in [5, 5.41) is 0.0543. The van der Waals surface area contributed by atoms with Gasteiger partial charge in [-0.05, 0) is 0 Å². The summed E-state index contributed by atoms with van der Waals surface area (Å²) >= 11 is 1.21. The largest absolute Gasteiger partial charge is 0.298 e. The van der Waals surface area contributed by atoms with Gasteiger partial charge in [-0.25, -0.2) is 0 Å². The van der Waals surface area contributed by atoms with E-state index in [0.29, 0.717) is 41.4 Å². The number of hydrogen-bond donors (Lipinski definition) is 0. The molecule has 0 bridgehead atoms. The maximum atomic E-state index is 10.8. The molecule has 0 aromatic heterocycles. The van der Waals surface area contributed by atoms with Crippen molar-refractivity contribution in [1.29, 1.82) is 0 Å². The lowest BCUT2D eigenvalue weighted by atomic mass is 10.0. The molecule has 1 rings (SSSR count). The van der Waals surface area contributed by atoms with Crippen molar-refractivity contribution in [3.63, 3.8) is 0 Å². The maximum Gasteiger partial charge on any atom is 0.185 e. The molecule has 0 heterocycles. The molecule has 0 aliphatic carbocycles. The van der Waals surface area contributed by atoms with Crippen molar-refractivity contribution >= 4 is 29.4 Å². The van der Waals surface area contributed by atoms with Crippen molar-refractivity contribution in [3.05, 3.63) is 34.9 Å². The first-order valence-electron chi connectivity index (χ1n) is 5.34. The molecular formula is C14H12O3S. The van der Waals surface area contributed by atoms with Crippen molar-refractivity contribution in [2.45, 2.75) is 13.3 Å². The van der Waals surface area contributed by atoms with Gasteiger partial charge in [0, 0.05) is 35.8 Å². The van der Waals surface area contributed by atoms with E-state index in [9.17, 15) is 14.4 Å². The van der Waals surface area contributed by atoms with Crippen LogP contribution in [0.25, 0.3) is 0 Å². The number of carbonyl (C=O) groups excluding carboxylic acids is 3. The predicted molar refractivity (Wildman–Crippen MR) is 71.9 cm³/mol. The number of aldehydes is 2. The molecule has 1 aromatic rings. The van der Waals surface area contributed by atoms with Gasteiger partial charge in [0.15, 0.2) is 17.7 Å². The minimum Gasteiger partial charge on any atom is -0.298 e. The zero-order chi connectivity index (χ0) is 13.4. The molecule has 0 N–H and O–H groups in total. The highest BCUT2D eigenvalue weighted by molar-refractivity contribution is 8.13. The Balaban J connectivity index is 2.82. The molecule has 0 unspecified atom stereocenters. The molecule has 1 aromatic carbocycles. The monoisotopic (exact) mass is 260 g/mol. The van der Waals surface area contributed by atoms with Crippen LogP contribution in [0.3, 0.4) is 0 Å². The Morgan fingerprint density at radius 2 is 1.89 bits per heavy atom. The second-order valence-electron chi connectivity index (χ2n) is 3.44. The Labute approximate surface area is 110 Å².